The van der Waals surface area contributed by atoms with Crippen molar-refractivity contribution in [3.05, 3.63) is 30.0 Å². The number of ether oxygens (including phenoxy) is 1. The predicted octanol–water partition coefficient (Wildman–Crippen LogP) is 2.30. The van der Waals surface area contributed by atoms with E-state index in [1.54, 1.807) is 23.2 Å². The average Bonchev–Trinajstić information content (AvgIpc) is 3.13. The van der Waals surface area contributed by atoms with Crippen molar-refractivity contribution < 1.29 is 14.3 Å². The Morgan fingerprint density at radius 3 is 2.92 bits per heavy atom. The number of rotatable bonds is 2. The molecule has 0 bridgehead atoms. The maximum atomic E-state index is 12.4. The van der Waals surface area contributed by atoms with Gasteiger partial charge in [0.15, 0.2) is 0 Å². The summed E-state index contributed by atoms with van der Waals surface area (Å²) in [5.74, 6) is -0.150. The molecule has 1 saturated heterocycles. The maximum absolute atomic E-state index is 12.4. The molecule has 2 heterocycles. The van der Waals surface area contributed by atoms with E-state index < -0.39 is 5.60 Å². The lowest BCUT2D eigenvalue weighted by atomic mass is 10.1. The van der Waals surface area contributed by atoms with Gasteiger partial charge in [0, 0.05) is 30.1 Å². The summed E-state index contributed by atoms with van der Waals surface area (Å²) in [7, 11) is 0. The molecular weight excluding hydrogens is 308 g/mol. The first kappa shape index (κ1) is 16.3. The predicted molar refractivity (Wildman–Crippen MR) is 89.8 cm³/mol. The number of fused-ring (bicyclic) bond motifs is 1. The van der Waals surface area contributed by atoms with Crippen LogP contribution in [0.25, 0.3) is 10.9 Å². The molecule has 1 aliphatic heterocycles. The lowest BCUT2D eigenvalue weighted by Gasteiger charge is -2.24. The van der Waals surface area contributed by atoms with E-state index in [2.05, 4.69) is 15.5 Å². The molecule has 2 aromatic rings. The van der Waals surface area contributed by atoms with E-state index in [1.165, 1.54) is 0 Å². The average molecular weight is 330 g/mol. The van der Waals surface area contributed by atoms with Crippen LogP contribution in [0.3, 0.4) is 0 Å². The van der Waals surface area contributed by atoms with Crippen LogP contribution >= 0.6 is 0 Å². The second-order valence-corrected chi connectivity index (χ2v) is 7.06. The number of nitrogens with one attached hydrogen (secondary N) is 2. The zero-order valence-corrected chi connectivity index (χ0v) is 14.1. The summed E-state index contributed by atoms with van der Waals surface area (Å²) in [6.45, 7) is 6.57. The fraction of sp³-hybridized carbons (Fsp3) is 0.471. The van der Waals surface area contributed by atoms with Crippen molar-refractivity contribution in [2.45, 2.75) is 38.8 Å². The molecule has 1 atom stereocenters. The summed E-state index contributed by atoms with van der Waals surface area (Å²) in [5.41, 5.74) is 0.879. The largest absolute Gasteiger partial charge is 0.444 e. The van der Waals surface area contributed by atoms with Crippen molar-refractivity contribution in [2.75, 3.05) is 13.1 Å². The SMILES string of the molecule is CC(C)(C)OC(=O)N1CCC(NC(=O)c2ccc3cn[nH]c3c2)C1. The fourth-order valence-corrected chi connectivity index (χ4v) is 2.72. The first-order chi connectivity index (χ1) is 11.3. The Bertz CT molecular complexity index is 763. The number of hydrogen-bond donors (Lipinski definition) is 2. The summed E-state index contributed by atoms with van der Waals surface area (Å²) in [6.07, 6.45) is 2.10. The summed E-state index contributed by atoms with van der Waals surface area (Å²) < 4.78 is 5.36. The Kier molecular flexibility index (Phi) is 4.17. The summed E-state index contributed by atoms with van der Waals surface area (Å²) in [6, 6.07) is 5.34. The zero-order valence-electron chi connectivity index (χ0n) is 14.1. The van der Waals surface area contributed by atoms with E-state index in [9.17, 15) is 9.59 Å². The number of benzene rings is 1. The van der Waals surface area contributed by atoms with Gasteiger partial charge in [0.05, 0.1) is 11.7 Å². The molecule has 1 aromatic carbocycles. The van der Waals surface area contributed by atoms with Crippen LogP contribution in [0.4, 0.5) is 4.79 Å². The quantitative estimate of drug-likeness (QED) is 0.884. The minimum Gasteiger partial charge on any atom is -0.444 e. The molecule has 2 amide bonds. The summed E-state index contributed by atoms with van der Waals surface area (Å²) >= 11 is 0. The van der Waals surface area contributed by atoms with Crippen LogP contribution < -0.4 is 5.32 Å². The monoisotopic (exact) mass is 330 g/mol. The normalized spacial score (nSPS) is 18.0. The number of carbonyl (C=O) groups is 2. The summed E-state index contributed by atoms with van der Waals surface area (Å²) in [4.78, 5) is 26.1. The van der Waals surface area contributed by atoms with E-state index in [0.29, 0.717) is 18.7 Å². The molecule has 128 valence electrons. The van der Waals surface area contributed by atoms with E-state index in [4.69, 9.17) is 4.74 Å². The third-order valence-electron chi connectivity index (χ3n) is 3.88. The van der Waals surface area contributed by atoms with Crippen molar-refractivity contribution in [3.8, 4) is 0 Å². The lowest BCUT2D eigenvalue weighted by Crippen LogP contribution is -2.40. The Balaban J connectivity index is 1.58. The molecule has 0 radical (unpaired) electrons. The highest BCUT2D eigenvalue weighted by Crippen LogP contribution is 2.17. The van der Waals surface area contributed by atoms with Gasteiger partial charge in [-0.3, -0.25) is 9.89 Å². The molecule has 24 heavy (non-hydrogen) atoms. The molecule has 1 aromatic heterocycles. The van der Waals surface area contributed by atoms with Crippen molar-refractivity contribution in [3.63, 3.8) is 0 Å². The third-order valence-corrected chi connectivity index (χ3v) is 3.88. The molecule has 3 rings (SSSR count). The number of H-pyrrole nitrogens is 1. The molecule has 1 unspecified atom stereocenters. The van der Waals surface area contributed by atoms with Crippen molar-refractivity contribution >= 4 is 22.9 Å². The number of likely N-dealkylation sites (tertiary alicyclic amines) is 1. The molecule has 7 nitrogen and oxygen atoms in total. The zero-order chi connectivity index (χ0) is 17.3. The molecule has 0 aliphatic carbocycles. The van der Waals surface area contributed by atoms with E-state index >= 15 is 0 Å². The smallest absolute Gasteiger partial charge is 0.410 e. The number of hydrogen-bond acceptors (Lipinski definition) is 4. The van der Waals surface area contributed by atoms with Crippen LogP contribution in [-0.4, -0.2) is 51.8 Å². The number of nitrogens with zero attached hydrogens (tertiary/aromatic N) is 2. The van der Waals surface area contributed by atoms with Gasteiger partial charge >= 0.3 is 6.09 Å². The van der Waals surface area contributed by atoms with Crippen LogP contribution in [0.5, 0.6) is 0 Å². The highest BCUT2D eigenvalue weighted by Gasteiger charge is 2.30. The van der Waals surface area contributed by atoms with E-state index in [0.717, 1.165) is 17.3 Å². The van der Waals surface area contributed by atoms with Crippen molar-refractivity contribution in [1.29, 1.82) is 0 Å². The van der Waals surface area contributed by atoms with E-state index in [-0.39, 0.29) is 18.0 Å². The van der Waals surface area contributed by atoms with Gasteiger partial charge in [-0.2, -0.15) is 5.10 Å². The first-order valence-electron chi connectivity index (χ1n) is 8.04. The third kappa shape index (κ3) is 3.67. The van der Waals surface area contributed by atoms with Gasteiger partial charge < -0.3 is 15.0 Å². The first-order valence-corrected chi connectivity index (χ1v) is 8.04. The second kappa shape index (κ2) is 6.14. The fourth-order valence-electron chi connectivity index (χ4n) is 2.72. The molecule has 1 fully saturated rings. The van der Waals surface area contributed by atoms with Crippen LogP contribution in [0, 0.1) is 0 Å². The molecule has 1 aliphatic rings. The van der Waals surface area contributed by atoms with Gasteiger partial charge in [0.2, 0.25) is 0 Å². The molecule has 0 saturated carbocycles. The topological polar surface area (TPSA) is 87.3 Å². The second-order valence-electron chi connectivity index (χ2n) is 7.06. The molecular formula is C17H22N4O3. The number of amides is 2. The molecule has 7 heteroatoms. The minimum absolute atomic E-state index is 0.0671. The Labute approximate surface area is 140 Å². The van der Waals surface area contributed by atoms with Gasteiger partial charge in [-0.15, -0.1) is 0 Å². The minimum atomic E-state index is -0.516. The van der Waals surface area contributed by atoms with Gasteiger partial charge in [0.1, 0.15) is 5.60 Å². The number of carbonyl (C=O) groups excluding carboxylic acids is 2. The van der Waals surface area contributed by atoms with Crippen LogP contribution in [0.2, 0.25) is 0 Å². The van der Waals surface area contributed by atoms with Crippen LogP contribution in [0.1, 0.15) is 37.6 Å². The van der Waals surface area contributed by atoms with Crippen LogP contribution in [-0.2, 0) is 4.74 Å². The standard InChI is InChI=1S/C17H22N4O3/c1-17(2,3)24-16(23)21-7-6-13(10-21)19-15(22)11-4-5-12-9-18-20-14(12)8-11/h4-5,8-9,13H,6-7,10H2,1-3H3,(H,18,20)(H,19,22). The van der Waals surface area contributed by atoms with Gasteiger partial charge in [-0.1, -0.05) is 6.07 Å². The van der Waals surface area contributed by atoms with E-state index in [1.807, 2.05) is 26.8 Å². The van der Waals surface area contributed by atoms with Crippen LogP contribution in [0.15, 0.2) is 24.4 Å². The van der Waals surface area contributed by atoms with Crippen molar-refractivity contribution in [2.24, 2.45) is 0 Å². The summed E-state index contributed by atoms with van der Waals surface area (Å²) in [5, 5.41) is 10.7. The Hall–Kier alpha value is -2.57. The molecule has 2 N–H and O–H groups in total. The van der Waals surface area contributed by atoms with Crippen molar-refractivity contribution in [1.82, 2.24) is 20.4 Å². The maximum Gasteiger partial charge on any atom is 0.410 e. The lowest BCUT2D eigenvalue weighted by molar-refractivity contribution is 0.0290. The number of aromatic amines is 1. The van der Waals surface area contributed by atoms with Gasteiger partial charge in [-0.05, 0) is 39.3 Å². The molecule has 0 spiro atoms. The highest BCUT2D eigenvalue weighted by molar-refractivity contribution is 5.97. The Morgan fingerprint density at radius 2 is 2.17 bits per heavy atom. The van der Waals surface area contributed by atoms with Gasteiger partial charge in [-0.25, -0.2) is 4.79 Å². The number of aromatic nitrogens is 2. The highest BCUT2D eigenvalue weighted by atomic mass is 16.6. The Morgan fingerprint density at radius 1 is 1.38 bits per heavy atom. The van der Waals surface area contributed by atoms with Gasteiger partial charge in [0.25, 0.3) is 5.91 Å².